The monoisotopic (exact) mass is 202 g/mol. The van der Waals surface area contributed by atoms with Crippen LogP contribution in [0.2, 0.25) is 0 Å². The molecule has 14 heavy (non-hydrogen) atoms. The molecule has 0 rings (SSSR count). The lowest BCUT2D eigenvalue weighted by molar-refractivity contribution is -0.131. The third-order valence-electron chi connectivity index (χ3n) is 1.90. The zero-order chi connectivity index (χ0) is 11.1. The van der Waals surface area contributed by atoms with Gasteiger partial charge >= 0.3 is 0 Å². The van der Waals surface area contributed by atoms with Crippen LogP contribution in [-0.2, 0) is 9.53 Å². The fourth-order valence-corrected chi connectivity index (χ4v) is 1.23. The van der Waals surface area contributed by atoms with Crippen LogP contribution >= 0.6 is 0 Å². The Hall–Kier alpha value is -0.610. The van der Waals surface area contributed by atoms with Gasteiger partial charge in [0.2, 0.25) is 5.91 Å². The van der Waals surface area contributed by atoms with E-state index in [0.29, 0.717) is 25.5 Å². The summed E-state index contributed by atoms with van der Waals surface area (Å²) in [5.74, 6) is 0.537. The lowest BCUT2D eigenvalue weighted by atomic mass is 10.1. The highest BCUT2D eigenvalue weighted by Crippen LogP contribution is 2.02. The summed E-state index contributed by atoms with van der Waals surface area (Å²) in [6, 6.07) is -0.0962. The van der Waals surface area contributed by atoms with E-state index in [1.165, 1.54) is 0 Å². The number of rotatable bonds is 6. The Morgan fingerprint density at radius 3 is 2.50 bits per heavy atom. The highest BCUT2D eigenvalue weighted by Gasteiger charge is 2.13. The maximum atomic E-state index is 11.5. The maximum Gasteiger partial charge on any atom is 0.222 e. The first-order chi connectivity index (χ1) is 6.47. The summed E-state index contributed by atoms with van der Waals surface area (Å²) in [5.41, 5.74) is 5.73. The number of hydrogen-bond donors (Lipinski definition) is 1. The van der Waals surface area contributed by atoms with Crippen molar-refractivity contribution < 1.29 is 9.53 Å². The summed E-state index contributed by atoms with van der Waals surface area (Å²) in [6.07, 6.45) is 0.580. The third-order valence-corrected chi connectivity index (χ3v) is 1.90. The Balaban J connectivity index is 3.82. The maximum absolute atomic E-state index is 11.5. The van der Waals surface area contributed by atoms with Crippen molar-refractivity contribution >= 4 is 5.91 Å². The van der Waals surface area contributed by atoms with Crippen LogP contribution in [0.4, 0.5) is 0 Å². The van der Waals surface area contributed by atoms with E-state index in [2.05, 4.69) is 0 Å². The summed E-state index contributed by atoms with van der Waals surface area (Å²) < 4.78 is 4.90. The number of nitrogens with zero attached hydrogens (tertiary/aromatic N) is 1. The number of carbonyl (C=O) groups excluding carboxylic acids is 1. The van der Waals surface area contributed by atoms with Crippen molar-refractivity contribution in [2.24, 2.45) is 11.7 Å². The SMILES string of the molecule is COCC(N)CN(C)C(=O)CC(C)C. The van der Waals surface area contributed by atoms with Gasteiger partial charge in [0, 0.05) is 33.2 Å². The van der Waals surface area contributed by atoms with Gasteiger partial charge in [-0.1, -0.05) is 13.8 Å². The zero-order valence-electron chi connectivity index (χ0n) is 9.62. The molecule has 1 atom stereocenters. The topological polar surface area (TPSA) is 55.6 Å². The number of nitrogens with two attached hydrogens (primary N) is 1. The average molecular weight is 202 g/mol. The van der Waals surface area contributed by atoms with E-state index in [0.717, 1.165) is 0 Å². The van der Waals surface area contributed by atoms with Crippen LogP contribution in [0.15, 0.2) is 0 Å². The average Bonchev–Trinajstić information content (AvgIpc) is 2.02. The molecule has 0 aliphatic heterocycles. The first-order valence-corrected chi connectivity index (χ1v) is 4.95. The van der Waals surface area contributed by atoms with Gasteiger partial charge < -0.3 is 15.4 Å². The first kappa shape index (κ1) is 13.4. The Kier molecular flexibility index (Phi) is 6.49. The predicted octanol–water partition coefficient (Wildman–Crippen LogP) is 0.465. The smallest absolute Gasteiger partial charge is 0.222 e. The van der Waals surface area contributed by atoms with E-state index in [1.54, 1.807) is 19.1 Å². The van der Waals surface area contributed by atoms with Crippen LogP contribution in [0.1, 0.15) is 20.3 Å². The molecule has 0 aromatic heterocycles. The molecule has 0 radical (unpaired) electrons. The standard InChI is InChI=1S/C10H22N2O2/c1-8(2)5-10(13)12(3)6-9(11)7-14-4/h8-9H,5-7,11H2,1-4H3. The van der Waals surface area contributed by atoms with Crippen LogP contribution in [0.3, 0.4) is 0 Å². The van der Waals surface area contributed by atoms with Gasteiger partial charge in [0.05, 0.1) is 6.61 Å². The van der Waals surface area contributed by atoms with Crippen LogP contribution in [0.25, 0.3) is 0 Å². The molecule has 4 heteroatoms. The number of ether oxygens (including phenoxy) is 1. The molecular weight excluding hydrogens is 180 g/mol. The zero-order valence-corrected chi connectivity index (χ0v) is 9.62. The molecule has 84 valence electrons. The number of amides is 1. The molecule has 0 spiro atoms. The van der Waals surface area contributed by atoms with Crippen molar-refractivity contribution in [3.63, 3.8) is 0 Å². The minimum absolute atomic E-state index is 0.0962. The molecule has 0 aromatic carbocycles. The normalized spacial score (nSPS) is 13.0. The first-order valence-electron chi connectivity index (χ1n) is 4.95. The second-order valence-electron chi connectivity index (χ2n) is 4.09. The van der Waals surface area contributed by atoms with Gasteiger partial charge in [0.25, 0.3) is 0 Å². The molecule has 4 nitrogen and oxygen atoms in total. The van der Waals surface area contributed by atoms with Crippen molar-refractivity contribution in [1.29, 1.82) is 0 Å². The molecule has 0 fully saturated rings. The molecule has 0 bridgehead atoms. The lowest BCUT2D eigenvalue weighted by Crippen LogP contribution is -2.41. The van der Waals surface area contributed by atoms with Gasteiger partial charge in [-0.05, 0) is 5.92 Å². The molecular formula is C10H22N2O2. The largest absolute Gasteiger partial charge is 0.383 e. The van der Waals surface area contributed by atoms with Gasteiger partial charge in [0.15, 0.2) is 0 Å². The number of carbonyl (C=O) groups is 1. The Labute approximate surface area is 86.4 Å². The lowest BCUT2D eigenvalue weighted by Gasteiger charge is -2.21. The summed E-state index contributed by atoms with van der Waals surface area (Å²) in [6.45, 7) is 5.10. The molecule has 0 aromatic rings. The van der Waals surface area contributed by atoms with E-state index in [1.807, 2.05) is 13.8 Å². The number of hydrogen-bond acceptors (Lipinski definition) is 3. The second kappa shape index (κ2) is 6.79. The predicted molar refractivity (Wildman–Crippen MR) is 56.9 cm³/mol. The quantitative estimate of drug-likeness (QED) is 0.681. The van der Waals surface area contributed by atoms with Crippen molar-refractivity contribution in [2.75, 3.05) is 27.3 Å². The van der Waals surface area contributed by atoms with E-state index in [4.69, 9.17) is 10.5 Å². The van der Waals surface area contributed by atoms with E-state index >= 15 is 0 Å². The highest BCUT2D eigenvalue weighted by atomic mass is 16.5. The van der Waals surface area contributed by atoms with Crippen molar-refractivity contribution in [2.45, 2.75) is 26.3 Å². The van der Waals surface area contributed by atoms with Gasteiger partial charge in [0.1, 0.15) is 0 Å². The van der Waals surface area contributed by atoms with Crippen molar-refractivity contribution in [3.05, 3.63) is 0 Å². The Bertz CT molecular complexity index is 172. The van der Waals surface area contributed by atoms with E-state index < -0.39 is 0 Å². The van der Waals surface area contributed by atoms with Crippen LogP contribution < -0.4 is 5.73 Å². The molecule has 2 N–H and O–H groups in total. The van der Waals surface area contributed by atoms with Gasteiger partial charge in [-0.15, -0.1) is 0 Å². The van der Waals surface area contributed by atoms with Crippen LogP contribution in [0.5, 0.6) is 0 Å². The van der Waals surface area contributed by atoms with Gasteiger partial charge in [-0.25, -0.2) is 0 Å². The Morgan fingerprint density at radius 1 is 1.50 bits per heavy atom. The summed E-state index contributed by atoms with van der Waals surface area (Å²) in [5, 5.41) is 0. The Morgan fingerprint density at radius 2 is 2.07 bits per heavy atom. The highest BCUT2D eigenvalue weighted by molar-refractivity contribution is 5.76. The van der Waals surface area contributed by atoms with Crippen LogP contribution in [-0.4, -0.2) is 44.2 Å². The summed E-state index contributed by atoms with van der Waals surface area (Å²) >= 11 is 0. The number of likely N-dealkylation sites (N-methyl/N-ethyl adjacent to an activating group) is 1. The summed E-state index contributed by atoms with van der Waals surface area (Å²) in [4.78, 5) is 13.2. The van der Waals surface area contributed by atoms with E-state index in [-0.39, 0.29) is 11.9 Å². The van der Waals surface area contributed by atoms with Crippen LogP contribution in [0, 0.1) is 5.92 Å². The van der Waals surface area contributed by atoms with Crippen molar-refractivity contribution in [1.82, 2.24) is 4.90 Å². The molecule has 1 amide bonds. The summed E-state index contributed by atoms with van der Waals surface area (Å²) in [7, 11) is 3.38. The van der Waals surface area contributed by atoms with Gasteiger partial charge in [-0.3, -0.25) is 4.79 Å². The molecule has 0 saturated heterocycles. The van der Waals surface area contributed by atoms with Gasteiger partial charge in [-0.2, -0.15) is 0 Å². The molecule has 0 aliphatic rings. The molecule has 1 unspecified atom stereocenters. The molecule has 0 heterocycles. The molecule has 0 saturated carbocycles. The fourth-order valence-electron chi connectivity index (χ4n) is 1.23. The minimum atomic E-state index is -0.0962. The van der Waals surface area contributed by atoms with E-state index in [9.17, 15) is 4.79 Å². The third kappa shape index (κ3) is 5.94. The number of methoxy groups -OCH3 is 1. The van der Waals surface area contributed by atoms with Crippen molar-refractivity contribution in [3.8, 4) is 0 Å². The minimum Gasteiger partial charge on any atom is -0.383 e. The second-order valence-corrected chi connectivity index (χ2v) is 4.09. The fraction of sp³-hybridized carbons (Fsp3) is 0.900. The molecule has 0 aliphatic carbocycles.